The average molecular weight is 326 g/mol. The van der Waals surface area contributed by atoms with Crippen LogP contribution in [0.2, 0.25) is 5.15 Å². The van der Waals surface area contributed by atoms with Gasteiger partial charge in [-0.1, -0.05) is 11.6 Å². The van der Waals surface area contributed by atoms with Crippen LogP contribution in [0.25, 0.3) is 28.2 Å². The van der Waals surface area contributed by atoms with Gasteiger partial charge in [0, 0.05) is 11.1 Å². The Balaban J connectivity index is 2.05. The first-order valence-corrected chi connectivity index (χ1v) is 7.18. The molecule has 1 aromatic carbocycles. The molecule has 0 saturated heterocycles. The van der Waals surface area contributed by atoms with Gasteiger partial charge in [0.15, 0.2) is 5.65 Å². The lowest BCUT2D eigenvalue weighted by Gasteiger charge is -2.04. The number of rotatable bonds is 2. The lowest BCUT2D eigenvalue weighted by molar-refractivity contribution is 0.628. The van der Waals surface area contributed by atoms with Gasteiger partial charge in [-0.15, -0.1) is 0 Å². The van der Waals surface area contributed by atoms with E-state index < -0.39 is 0 Å². The summed E-state index contributed by atoms with van der Waals surface area (Å²) in [6.07, 6.45) is 3.22. The monoisotopic (exact) mass is 325 g/mol. The molecular weight excluding hydrogens is 317 g/mol. The summed E-state index contributed by atoms with van der Waals surface area (Å²) in [7, 11) is 0. The topological polar surface area (TPSA) is 56.0 Å². The van der Waals surface area contributed by atoms with Crippen LogP contribution in [0, 0.1) is 5.82 Å². The van der Waals surface area contributed by atoms with Gasteiger partial charge in [-0.3, -0.25) is 0 Å². The molecule has 0 aliphatic carbocycles. The summed E-state index contributed by atoms with van der Waals surface area (Å²) >= 11 is 6.02. The number of halogens is 2. The molecule has 3 aromatic heterocycles. The number of benzene rings is 1. The molecule has 4 rings (SSSR count). The SMILES string of the molecule is Fc1ccc(-c2nc3ccc(Cl)nn3c2-c2ccnnc2)cc1. The molecule has 0 radical (unpaired) electrons. The first-order valence-electron chi connectivity index (χ1n) is 6.81. The quantitative estimate of drug-likeness (QED) is 0.564. The molecule has 0 unspecified atom stereocenters. The van der Waals surface area contributed by atoms with Crippen molar-refractivity contribution in [1.82, 2.24) is 24.8 Å². The number of fused-ring (bicyclic) bond motifs is 1. The maximum absolute atomic E-state index is 13.2. The molecule has 0 N–H and O–H groups in total. The van der Waals surface area contributed by atoms with Crippen LogP contribution in [-0.4, -0.2) is 24.8 Å². The summed E-state index contributed by atoms with van der Waals surface area (Å²) in [5, 5.41) is 12.4. The zero-order valence-electron chi connectivity index (χ0n) is 11.7. The Bertz CT molecular complexity index is 983. The Hall–Kier alpha value is -2.86. The normalized spacial score (nSPS) is 11.0. The van der Waals surface area contributed by atoms with Gasteiger partial charge in [-0.2, -0.15) is 15.3 Å². The molecule has 112 valence electrons. The Morgan fingerprint density at radius 2 is 1.74 bits per heavy atom. The van der Waals surface area contributed by atoms with E-state index in [-0.39, 0.29) is 5.82 Å². The molecule has 3 heterocycles. The summed E-state index contributed by atoms with van der Waals surface area (Å²) in [6.45, 7) is 0. The van der Waals surface area contributed by atoms with Crippen molar-refractivity contribution in [3.63, 3.8) is 0 Å². The van der Waals surface area contributed by atoms with E-state index in [4.69, 9.17) is 11.6 Å². The molecule has 0 spiro atoms. The van der Waals surface area contributed by atoms with Crippen molar-refractivity contribution in [3.05, 3.63) is 65.8 Å². The number of nitrogens with zero attached hydrogens (tertiary/aromatic N) is 5. The predicted octanol–water partition coefficient (Wildman–Crippen LogP) is 3.65. The van der Waals surface area contributed by atoms with Crippen LogP contribution in [0.3, 0.4) is 0 Å². The van der Waals surface area contributed by atoms with Crippen LogP contribution in [0.1, 0.15) is 0 Å². The molecule has 0 atom stereocenters. The van der Waals surface area contributed by atoms with Crippen molar-refractivity contribution in [3.8, 4) is 22.5 Å². The maximum Gasteiger partial charge on any atom is 0.155 e. The number of imidazole rings is 1. The Morgan fingerprint density at radius 3 is 2.48 bits per heavy atom. The second-order valence-corrected chi connectivity index (χ2v) is 5.26. The first kappa shape index (κ1) is 13.8. The van der Waals surface area contributed by atoms with E-state index in [2.05, 4.69) is 20.3 Å². The third kappa shape index (κ3) is 2.43. The fraction of sp³-hybridized carbons (Fsp3) is 0. The van der Waals surface area contributed by atoms with Gasteiger partial charge in [0.25, 0.3) is 0 Å². The lowest BCUT2D eigenvalue weighted by atomic mass is 10.1. The van der Waals surface area contributed by atoms with Gasteiger partial charge in [-0.25, -0.2) is 13.9 Å². The minimum absolute atomic E-state index is 0.300. The van der Waals surface area contributed by atoms with E-state index in [0.29, 0.717) is 16.5 Å². The second-order valence-electron chi connectivity index (χ2n) is 4.87. The minimum atomic E-state index is -0.300. The summed E-state index contributed by atoms with van der Waals surface area (Å²) < 4.78 is 14.9. The van der Waals surface area contributed by atoms with Gasteiger partial charge in [-0.05, 0) is 42.5 Å². The van der Waals surface area contributed by atoms with Gasteiger partial charge in [0.05, 0.1) is 18.1 Å². The van der Waals surface area contributed by atoms with Crippen LogP contribution in [-0.2, 0) is 0 Å². The average Bonchev–Trinajstić information content (AvgIpc) is 2.95. The molecule has 0 saturated carbocycles. The van der Waals surface area contributed by atoms with E-state index in [9.17, 15) is 4.39 Å². The zero-order chi connectivity index (χ0) is 15.8. The maximum atomic E-state index is 13.2. The van der Waals surface area contributed by atoms with Gasteiger partial charge in [0.2, 0.25) is 0 Å². The molecule has 4 aromatic rings. The Labute approximate surface area is 135 Å². The highest BCUT2D eigenvalue weighted by Crippen LogP contribution is 2.32. The molecule has 5 nitrogen and oxygen atoms in total. The molecule has 0 amide bonds. The standard InChI is InChI=1S/C16H9ClFN5/c17-13-5-6-14-21-15(10-1-3-12(18)4-2-10)16(23(14)22-13)11-7-8-19-20-9-11/h1-9H. The van der Waals surface area contributed by atoms with Crippen molar-refractivity contribution in [1.29, 1.82) is 0 Å². The van der Waals surface area contributed by atoms with Crippen LogP contribution in [0.5, 0.6) is 0 Å². The van der Waals surface area contributed by atoms with E-state index in [1.54, 1.807) is 41.2 Å². The Kier molecular flexibility index (Phi) is 3.24. The molecule has 0 fully saturated rings. The molecular formula is C16H9ClFN5. The summed E-state index contributed by atoms with van der Waals surface area (Å²) in [4.78, 5) is 4.60. The fourth-order valence-electron chi connectivity index (χ4n) is 2.41. The van der Waals surface area contributed by atoms with Crippen molar-refractivity contribution >= 4 is 17.2 Å². The van der Waals surface area contributed by atoms with Crippen LogP contribution in [0.15, 0.2) is 54.9 Å². The van der Waals surface area contributed by atoms with Crippen LogP contribution >= 0.6 is 11.6 Å². The fourth-order valence-corrected chi connectivity index (χ4v) is 2.55. The summed E-state index contributed by atoms with van der Waals surface area (Å²) in [6, 6.07) is 11.4. The van der Waals surface area contributed by atoms with Crippen molar-refractivity contribution < 1.29 is 4.39 Å². The smallest absolute Gasteiger partial charge is 0.155 e. The number of hydrogen-bond acceptors (Lipinski definition) is 4. The molecule has 23 heavy (non-hydrogen) atoms. The molecule has 0 aliphatic heterocycles. The second kappa shape index (κ2) is 5.40. The van der Waals surface area contributed by atoms with E-state index in [1.165, 1.54) is 12.1 Å². The van der Waals surface area contributed by atoms with Crippen molar-refractivity contribution in [2.24, 2.45) is 0 Å². The first-order chi connectivity index (χ1) is 11.2. The molecule has 0 aliphatic rings. The lowest BCUT2D eigenvalue weighted by Crippen LogP contribution is -1.95. The largest absolute Gasteiger partial charge is 0.226 e. The summed E-state index contributed by atoms with van der Waals surface area (Å²) in [5.74, 6) is -0.300. The third-order valence-electron chi connectivity index (χ3n) is 3.42. The van der Waals surface area contributed by atoms with Crippen LogP contribution in [0.4, 0.5) is 4.39 Å². The minimum Gasteiger partial charge on any atom is -0.226 e. The van der Waals surface area contributed by atoms with E-state index in [1.807, 2.05) is 6.07 Å². The number of aromatic nitrogens is 5. The van der Waals surface area contributed by atoms with Crippen LogP contribution < -0.4 is 0 Å². The molecule has 7 heteroatoms. The highest BCUT2D eigenvalue weighted by Gasteiger charge is 2.17. The zero-order valence-corrected chi connectivity index (χ0v) is 12.4. The van der Waals surface area contributed by atoms with Gasteiger partial charge < -0.3 is 0 Å². The van der Waals surface area contributed by atoms with E-state index >= 15 is 0 Å². The van der Waals surface area contributed by atoms with Gasteiger partial charge in [0.1, 0.15) is 16.7 Å². The highest BCUT2D eigenvalue weighted by atomic mass is 35.5. The van der Waals surface area contributed by atoms with E-state index in [0.717, 1.165) is 16.8 Å². The molecule has 0 bridgehead atoms. The summed E-state index contributed by atoms with van der Waals surface area (Å²) in [5.41, 5.74) is 3.61. The predicted molar refractivity (Wildman–Crippen MR) is 84.4 cm³/mol. The third-order valence-corrected chi connectivity index (χ3v) is 3.62. The van der Waals surface area contributed by atoms with Crippen molar-refractivity contribution in [2.75, 3.05) is 0 Å². The Morgan fingerprint density at radius 1 is 0.913 bits per heavy atom. The number of hydrogen-bond donors (Lipinski definition) is 0. The van der Waals surface area contributed by atoms with Gasteiger partial charge >= 0.3 is 0 Å². The highest BCUT2D eigenvalue weighted by molar-refractivity contribution is 6.29. The van der Waals surface area contributed by atoms with Crippen molar-refractivity contribution in [2.45, 2.75) is 0 Å².